The number of carboxylic acids is 1. The molecule has 0 heterocycles. The highest BCUT2D eigenvalue weighted by atomic mass is 35.5. The Morgan fingerprint density at radius 3 is 2.43 bits per heavy atom. The summed E-state index contributed by atoms with van der Waals surface area (Å²) in [6.07, 6.45) is 6.23. The number of carbonyl (C=O) groups is 1. The summed E-state index contributed by atoms with van der Waals surface area (Å²) in [5.41, 5.74) is 0.459. The van der Waals surface area contributed by atoms with E-state index < -0.39 is 39.6 Å². The molecule has 0 radical (unpaired) electrons. The number of halogens is 4. The van der Waals surface area contributed by atoms with Gasteiger partial charge in [0.15, 0.2) is 0 Å². The van der Waals surface area contributed by atoms with E-state index in [4.69, 9.17) is 23.2 Å². The van der Waals surface area contributed by atoms with E-state index in [1.165, 1.54) is 0 Å². The van der Waals surface area contributed by atoms with Gasteiger partial charge in [0.05, 0.1) is 15.3 Å². The Bertz CT molecular complexity index is 1290. The topological polar surface area (TPSA) is 83.9 Å². The molecule has 2 aromatic rings. The lowest BCUT2D eigenvalue weighted by Crippen LogP contribution is -2.55. The first-order valence-electron chi connectivity index (χ1n) is 10.6. The van der Waals surface area contributed by atoms with E-state index in [1.807, 2.05) is 12.1 Å². The molecule has 2 aliphatic rings. The van der Waals surface area contributed by atoms with Crippen molar-refractivity contribution in [1.82, 2.24) is 4.31 Å². The van der Waals surface area contributed by atoms with Crippen LogP contribution in [0.3, 0.4) is 0 Å². The molecule has 4 rings (SSSR count). The van der Waals surface area contributed by atoms with Crippen molar-refractivity contribution in [3.63, 3.8) is 0 Å². The molecule has 0 aliphatic heterocycles. The molecule has 6 nitrogen and oxygen atoms in total. The molecule has 1 N–H and O–H groups in total. The quantitative estimate of drug-likeness (QED) is 0.418. The van der Waals surface area contributed by atoms with Gasteiger partial charge in [0.1, 0.15) is 12.3 Å². The highest BCUT2D eigenvalue weighted by Crippen LogP contribution is 2.59. The van der Waals surface area contributed by atoms with Crippen LogP contribution in [-0.4, -0.2) is 47.4 Å². The molecule has 0 bridgehead atoms. The maximum Gasteiger partial charge on any atom is 0.387 e. The van der Waals surface area contributed by atoms with Crippen LogP contribution in [0.5, 0.6) is 5.75 Å². The van der Waals surface area contributed by atoms with Gasteiger partial charge in [0, 0.05) is 5.02 Å². The third-order valence-corrected chi connectivity index (χ3v) is 8.96. The van der Waals surface area contributed by atoms with Crippen molar-refractivity contribution in [3.05, 3.63) is 77.3 Å². The van der Waals surface area contributed by atoms with Crippen LogP contribution in [-0.2, 0) is 14.8 Å². The molecule has 1 unspecified atom stereocenters. The second-order valence-electron chi connectivity index (χ2n) is 8.39. The Kier molecular flexibility index (Phi) is 6.98. The van der Waals surface area contributed by atoms with Gasteiger partial charge < -0.3 is 9.84 Å². The number of sulfonamides is 1. The predicted molar refractivity (Wildman–Crippen MR) is 128 cm³/mol. The monoisotopic (exact) mass is 543 g/mol. The van der Waals surface area contributed by atoms with Gasteiger partial charge in [-0.15, -0.1) is 11.6 Å². The molecule has 2 aromatic carbocycles. The van der Waals surface area contributed by atoms with Gasteiger partial charge in [-0.1, -0.05) is 42.0 Å². The standard InChI is InChI=1S/C24H21Cl2F2NO5S/c25-18-5-1-3-16(13-18)17-4-2-10-23(26,14-17)24(11-12-24)29(15-21(30)31)35(32,33)20-8-6-19(7-9-20)34-22(27)28/h1-10,13,22H,11-12,14-15H2,(H,30,31). The lowest BCUT2D eigenvalue weighted by molar-refractivity contribution is -0.137. The second-order valence-corrected chi connectivity index (χ2v) is 11.4. The van der Waals surface area contributed by atoms with Gasteiger partial charge >= 0.3 is 12.6 Å². The zero-order valence-electron chi connectivity index (χ0n) is 18.2. The van der Waals surface area contributed by atoms with E-state index in [1.54, 1.807) is 30.4 Å². The molecule has 0 amide bonds. The van der Waals surface area contributed by atoms with E-state index in [-0.39, 0.29) is 17.1 Å². The van der Waals surface area contributed by atoms with Crippen molar-refractivity contribution in [2.75, 3.05) is 6.54 Å². The number of alkyl halides is 3. The number of hydrogen-bond donors (Lipinski definition) is 1. The van der Waals surface area contributed by atoms with E-state index in [0.717, 1.165) is 39.7 Å². The minimum atomic E-state index is -4.36. The Morgan fingerprint density at radius 1 is 1.17 bits per heavy atom. The van der Waals surface area contributed by atoms with Gasteiger partial charge in [-0.3, -0.25) is 4.79 Å². The molecule has 0 saturated heterocycles. The first-order chi connectivity index (χ1) is 16.5. The fourth-order valence-corrected chi connectivity index (χ4v) is 6.99. The fourth-order valence-electron chi connectivity index (χ4n) is 4.42. The van der Waals surface area contributed by atoms with Crippen LogP contribution in [0.4, 0.5) is 8.78 Å². The summed E-state index contributed by atoms with van der Waals surface area (Å²) in [6.45, 7) is -3.87. The zero-order chi connectivity index (χ0) is 25.4. The average molecular weight is 544 g/mol. The summed E-state index contributed by atoms with van der Waals surface area (Å²) < 4.78 is 57.4. The molecule has 11 heteroatoms. The average Bonchev–Trinajstić information content (AvgIpc) is 3.60. The number of allylic oxidation sites excluding steroid dienone is 3. The van der Waals surface area contributed by atoms with Gasteiger partial charge in [-0.25, -0.2) is 8.42 Å². The molecule has 1 atom stereocenters. The van der Waals surface area contributed by atoms with Crippen molar-refractivity contribution < 1.29 is 31.8 Å². The van der Waals surface area contributed by atoms with E-state index >= 15 is 0 Å². The van der Waals surface area contributed by atoms with Crippen LogP contribution in [0.2, 0.25) is 5.02 Å². The second kappa shape index (κ2) is 9.54. The lowest BCUT2D eigenvalue weighted by atomic mass is 9.83. The minimum Gasteiger partial charge on any atom is -0.480 e. The lowest BCUT2D eigenvalue weighted by Gasteiger charge is -2.42. The van der Waals surface area contributed by atoms with Crippen LogP contribution in [0.1, 0.15) is 24.8 Å². The third kappa shape index (κ3) is 5.09. The number of rotatable bonds is 9. The van der Waals surface area contributed by atoms with Crippen LogP contribution in [0.25, 0.3) is 5.57 Å². The van der Waals surface area contributed by atoms with E-state index in [2.05, 4.69) is 4.74 Å². The number of benzene rings is 2. The van der Waals surface area contributed by atoms with E-state index in [0.29, 0.717) is 17.9 Å². The molecule has 0 aromatic heterocycles. The fraction of sp³-hybridized carbons (Fsp3) is 0.292. The number of nitrogens with zero attached hydrogens (tertiary/aromatic N) is 1. The maximum absolute atomic E-state index is 13.6. The Balaban J connectivity index is 1.69. The summed E-state index contributed by atoms with van der Waals surface area (Å²) in [7, 11) is -4.36. The van der Waals surface area contributed by atoms with E-state index in [9.17, 15) is 27.1 Å². The van der Waals surface area contributed by atoms with Crippen molar-refractivity contribution >= 4 is 44.8 Å². The number of aliphatic carboxylic acids is 1. The molecule has 1 saturated carbocycles. The largest absolute Gasteiger partial charge is 0.480 e. The van der Waals surface area contributed by atoms with Crippen LogP contribution in [0, 0.1) is 0 Å². The number of hydrogen-bond acceptors (Lipinski definition) is 4. The SMILES string of the molecule is O=C(O)CN(C1(C2(Cl)C=CC=C(c3cccc(Cl)c3)C2)CC1)S(=O)(=O)c1ccc(OC(F)F)cc1. The van der Waals surface area contributed by atoms with Crippen LogP contribution in [0.15, 0.2) is 71.7 Å². The smallest absolute Gasteiger partial charge is 0.387 e. The highest BCUT2D eigenvalue weighted by molar-refractivity contribution is 7.89. The molecular formula is C24H21Cl2F2NO5S. The summed E-state index contributed by atoms with van der Waals surface area (Å²) in [4.78, 5) is 10.3. The normalized spacial score (nSPS) is 21.1. The zero-order valence-corrected chi connectivity index (χ0v) is 20.5. The molecule has 2 aliphatic carbocycles. The van der Waals surface area contributed by atoms with Gasteiger partial charge in [-0.05, 0) is 66.8 Å². The first kappa shape index (κ1) is 25.6. The summed E-state index contributed by atoms with van der Waals surface area (Å²) in [6, 6.07) is 11.6. The van der Waals surface area contributed by atoms with Crippen molar-refractivity contribution in [2.24, 2.45) is 0 Å². The van der Waals surface area contributed by atoms with Crippen molar-refractivity contribution in [1.29, 1.82) is 0 Å². The van der Waals surface area contributed by atoms with Gasteiger partial charge in [0.25, 0.3) is 0 Å². The highest BCUT2D eigenvalue weighted by Gasteiger charge is 2.65. The molecule has 35 heavy (non-hydrogen) atoms. The van der Waals surface area contributed by atoms with Crippen molar-refractivity contribution in [2.45, 2.75) is 41.2 Å². The first-order valence-corrected chi connectivity index (χ1v) is 12.8. The molecule has 0 spiro atoms. The van der Waals surface area contributed by atoms with Crippen LogP contribution >= 0.6 is 23.2 Å². The van der Waals surface area contributed by atoms with Crippen molar-refractivity contribution in [3.8, 4) is 5.75 Å². The summed E-state index contributed by atoms with van der Waals surface area (Å²) in [5.74, 6) is -1.56. The number of ether oxygens (including phenoxy) is 1. The minimum absolute atomic E-state index is 0.217. The third-order valence-electron chi connectivity index (χ3n) is 6.19. The Labute approximate surface area is 211 Å². The molecule has 1 fully saturated rings. The Hall–Kier alpha value is -2.46. The number of carboxylic acid groups (broad SMARTS) is 1. The van der Waals surface area contributed by atoms with Crippen LogP contribution < -0.4 is 4.74 Å². The van der Waals surface area contributed by atoms with Gasteiger partial charge in [-0.2, -0.15) is 13.1 Å². The summed E-state index contributed by atoms with van der Waals surface area (Å²) >= 11 is 13.2. The Morgan fingerprint density at radius 2 is 1.86 bits per heavy atom. The predicted octanol–water partition coefficient (Wildman–Crippen LogP) is 5.57. The van der Waals surface area contributed by atoms with Gasteiger partial charge in [0.2, 0.25) is 10.0 Å². The summed E-state index contributed by atoms with van der Waals surface area (Å²) in [5, 5.41) is 10.1. The maximum atomic E-state index is 13.6. The molecule has 186 valence electrons. The molecular weight excluding hydrogens is 523 g/mol.